The molecule has 0 aromatic carbocycles. The largest absolute Gasteiger partial charge is 0.391 e. The van der Waals surface area contributed by atoms with Crippen molar-refractivity contribution in [2.45, 2.75) is 42.1 Å². The van der Waals surface area contributed by atoms with Gasteiger partial charge in [-0.15, -0.1) is 0 Å². The minimum Gasteiger partial charge on any atom is -0.391 e. The second-order valence-electron chi connectivity index (χ2n) is 6.46. The van der Waals surface area contributed by atoms with Gasteiger partial charge in [0.25, 0.3) is 0 Å². The molecular formula is C16H23ClNO7S+. The van der Waals surface area contributed by atoms with Crippen molar-refractivity contribution < 1.29 is 35.0 Å². The van der Waals surface area contributed by atoms with Gasteiger partial charge in [0.2, 0.25) is 0 Å². The van der Waals surface area contributed by atoms with E-state index in [1.807, 2.05) is 0 Å². The molecule has 2 saturated heterocycles. The second kappa shape index (κ2) is 8.68. The van der Waals surface area contributed by atoms with Crippen molar-refractivity contribution in [1.82, 2.24) is 4.98 Å². The van der Waals surface area contributed by atoms with Crippen LogP contribution < -0.4 is 0 Å². The van der Waals surface area contributed by atoms with Crippen LogP contribution in [0, 0.1) is 0 Å². The maximum absolute atomic E-state index is 10.6. The van der Waals surface area contributed by atoms with E-state index in [4.69, 9.17) is 21.1 Å². The maximum atomic E-state index is 10.6. The van der Waals surface area contributed by atoms with Gasteiger partial charge in [-0.25, -0.2) is 4.98 Å². The van der Waals surface area contributed by atoms with Gasteiger partial charge in [0.15, 0.2) is 11.5 Å². The Bertz CT molecular complexity index is 612. The lowest BCUT2D eigenvalue weighted by molar-refractivity contribution is -0.273. The van der Waals surface area contributed by atoms with E-state index in [2.05, 4.69) is 4.98 Å². The minimum absolute atomic E-state index is 0.0191. The summed E-state index contributed by atoms with van der Waals surface area (Å²) in [4.78, 5) is 3.89. The van der Waals surface area contributed by atoms with E-state index in [1.54, 1.807) is 12.1 Å². The Labute approximate surface area is 158 Å². The van der Waals surface area contributed by atoms with E-state index in [-0.39, 0.29) is 24.1 Å². The van der Waals surface area contributed by atoms with Crippen molar-refractivity contribution in [3.05, 3.63) is 29.0 Å². The normalized spacial score (nSPS) is 39.1. The molecule has 3 rings (SSSR count). The molecule has 146 valence electrons. The molecule has 0 spiro atoms. The summed E-state index contributed by atoms with van der Waals surface area (Å²) >= 11 is 5.87. The number of ether oxygens (including phenoxy) is 2. The van der Waals surface area contributed by atoms with Crippen molar-refractivity contribution in [3.8, 4) is 0 Å². The van der Waals surface area contributed by atoms with Gasteiger partial charge in [0.1, 0.15) is 47.2 Å². The number of halogens is 1. The highest BCUT2D eigenvalue weighted by atomic mass is 35.5. The van der Waals surface area contributed by atoms with E-state index in [0.29, 0.717) is 11.3 Å². The Hall–Kier alpha value is -0.490. The van der Waals surface area contributed by atoms with Gasteiger partial charge in [-0.05, 0) is 12.1 Å². The molecule has 0 aliphatic carbocycles. The molecule has 1 aromatic heterocycles. The zero-order chi connectivity index (χ0) is 18.8. The van der Waals surface area contributed by atoms with E-state index in [9.17, 15) is 25.5 Å². The first kappa shape index (κ1) is 20.2. The fourth-order valence-electron chi connectivity index (χ4n) is 3.25. The molecule has 26 heavy (non-hydrogen) atoms. The molecule has 0 bridgehead atoms. The zero-order valence-electron chi connectivity index (χ0n) is 13.9. The van der Waals surface area contributed by atoms with Crippen LogP contribution in [0.25, 0.3) is 0 Å². The molecule has 8 nitrogen and oxygen atoms in total. The first-order chi connectivity index (χ1) is 12.4. The van der Waals surface area contributed by atoms with Crippen LogP contribution in [0.2, 0.25) is 5.15 Å². The number of hydrogen-bond donors (Lipinski definition) is 5. The van der Waals surface area contributed by atoms with Gasteiger partial charge >= 0.3 is 0 Å². The molecule has 2 aliphatic rings. The molecule has 3 heterocycles. The summed E-state index contributed by atoms with van der Waals surface area (Å²) < 4.78 is 11.2. The highest BCUT2D eigenvalue weighted by Gasteiger charge is 2.51. The molecule has 0 saturated carbocycles. The number of aliphatic hydroxyl groups is 5. The molecule has 5 N–H and O–H groups in total. The van der Waals surface area contributed by atoms with Crippen molar-refractivity contribution in [3.63, 3.8) is 0 Å². The summed E-state index contributed by atoms with van der Waals surface area (Å²) in [6.45, 7) is -0.293. The van der Waals surface area contributed by atoms with Crippen LogP contribution in [-0.2, 0) is 20.4 Å². The van der Waals surface area contributed by atoms with Gasteiger partial charge in [0, 0.05) is 22.7 Å². The molecule has 0 radical (unpaired) electrons. The van der Waals surface area contributed by atoms with Gasteiger partial charge in [-0.1, -0.05) is 11.6 Å². The lowest BCUT2D eigenvalue weighted by atomic mass is 10.1. The standard InChI is InChI=1S/C16H23ClNO7S/c17-13-3-8(1-2-18-13)16-24-5-9(20)15(25-16)11(22)7-26-6-10(21)14(23)12(26)4-19/h1-3,9-12,14-16,19-23H,4-7H2/q+1/t9-,10-,11-,12-,14+,15+,16?,26?/m1/s1. The lowest BCUT2D eigenvalue weighted by Gasteiger charge is -2.36. The smallest absolute Gasteiger partial charge is 0.184 e. The molecule has 2 fully saturated rings. The predicted octanol–water partition coefficient (Wildman–Crippen LogP) is -1.41. The highest BCUT2D eigenvalue weighted by Crippen LogP contribution is 2.31. The number of hydrogen-bond acceptors (Lipinski definition) is 8. The number of nitrogens with zero attached hydrogens (tertiary/aromatic N) is 1. The van der Waals surface area contributed by atoms with Crippen LogP contribution in [-0.4, -0.2) is 91.0 Å². The molecule has 1 aromatic rings. The molecule has 10 heteroatoms. The molecule has 2 aliphatic heterocycles. The molecule has 0 amide bonds. The quantitative estimate of drug-likeness (QED) is 0.296. The third kappa shape index (κ3) is 4.32. The van der Waals surface area contributed by atoms with Gasteiger partial charge in [-0.3, -0.25) is 0 Å². The SMILES string of the molecule is OC[C@@H]1[C@@H](O)[C@H](O)C[S+]1C[C@@H](O)[C@H]1OC(c2ccnc(Cl)c2)OC[C@H]1O. The second-order valence-corrected chi connectivity index (χ2v) is 9.20. The summed E-state index contributed by atoms with van der Waals surface area (Å²) in [5.41, 5.74) is 0.622. The Morgan fingerprint density at radius 1 is 1.31 bits per heavy atom. The third-order valence-electron chi connectivity index (χ3n) is 4.63. The number of aromatic nitrogens is 1. The monoisotopic (exact) mass is 408 g/mol. The van der Waals surface area contributed by atoms with Crippen LogP contribution in [0.3, 0.4) is 0 Å². The fraction of sp³-hybridized carbons (Fsp3) is 0.688. The maximum Gasteiger partial charge on any atom is 0.184 e. The minimum atomic E-state index is -1.04. The predicted molar refractivity (Wildman–Crippen MR) is 94.8 cm³/mol. The first-order valence-corrected chi connectivity index (χ1v) is 10.3. The van der Waals surface area contributed by atoms with Crippen molar-refractivity contribution >= 4 is 22.5 Å². The van der Waals surface area contributed by atoms with Crippen LogP contribution in [0.4, 0.5) is 0 Å². The van der Waals surface area contributed by atoms with Gasteiger partial charge in [0.05, 0.1) is 13.2 Å². The molecule has 8 atom stereocenters. The molecule has 2 unspecified atom stereocenters. The van der Waals surface area contributed by atoms with Gasteiger partial charge < -0.3 is 35.0 Å². The van der Waals surface area contributed by atoms with E-state index < -0.39 is 53.0 Å². The molecular weight excluding hydrogens is 386 g/mol. The number of rotatable bonds is 5. The summed E-state index contributed by atoms with van der Waals surface area (Å²) in [5, 5.41) is 49.7. The first-order valence-electron chi connectivity index (χ1n) is 8.28. The van der Waals surface area contributed by atoms with Crippen LogP contribution >= 0.6 is 11.6 Å². The Kier molecular flexibility index (Phi) is 6.76. The summed E-state index contributed by atoms with van der Waals surface area (Å²) in [7, 11) is -0.594. The van der Waals surface area contributed by atoms with Crippen LogP contribution in [0.5, 0.6) is 0 Å². The summed E-state index contributed by atoms with van der Waals surface area (Å²) in [5.74, 6) is 0.497. The topological polar surface area (TPSA) is 132 Å². The fourth-order valence-corrected chi connectivity index (χ4v) is 6.11. The number of pyridine rings is 1. The zero-order valence-corrected chi connectivity index (χ0v) is 15.5. The average molecular weight is 409 g/mol. The van der Waals surface area contributed by atoms with E-state index in [1.165, 1.54) is 6.20 Å². The lowest BCUT2D eigenvalue weighted by Crippen LogP contribution is -2.50. The average Bonchev–Trinajstić information content (AvgIpc) is 2.88. The Balaban J connectivity index is 1.66. The van der Waals surface area contributed by atoms with Crippen LogP contribution in [0.15, 0.2) is 18.3 Å². The number of aliphatic hydroxyl groups excluding tert-OH is 5. The van der Waals surface area contributed by atoms with Gasteiger partial charge in [-0.2, -0.15) is 0 Å². The Morgan fingerprint density at radius 3 is 2.77 bits per heavy atom. The summed E-state index contributed by atoms with van der Waals surface area (Å²) in [6, 6.07) is 3.26. The van der Waals surface area contributed by atoms with E-state index >= 15 is 0 Å². The van der Waals surface area contributed by atoms with E-state index in [0.717, 1.165) is 0 Å². The summed E-state index contributed by atoms with van der Waals surface area (Å²) in [6.07, 6.45) is -4.18. The highest BCUT2D eigenvalue weighted by molar-refractivity contribution is 7.97. The van der Waals surface area contributed by atoms with Crippen molar-refractivity contribution in [1.29, 1.82) is 0 Å². The Morgan fingerprint density at radius 2 is 2.08 bits per heavy atom. The third-order valence-corrected chi connectivity index (χ3v) is 7.66. The van der Waals surface area contributed by atoms with Crippen molar-refractivity contribution in [2.75, 3.05) is 24.7 Å². The van der Waals surface area contributed by atoms with Crippen LogP contribution in [0.1, 0.15) is 11.9 Å². The van der Waals surface area contributed by atoms with Crippen molar-refractivity contribution in [2.24, 2.45) is 0 Å².